The molecule has 7 heteroatoms. The number of carbonyl (C=O) groups excluding carboxylic acids is 2. The van der Waals surface area contributed by atoms with Crippen LogP contribution in [0.4, 0.5) is 4.79 Å². The summed E-state index contributed by atoms with van der Waals surface area (Å²) in [5.74, 6) is 0.783. The lowest BCUT2D eigenvalue weighted by molar-refractivity contribution is -0.126. The number of imide groups is 1. The summed E-state index contributed by atoms with van der Waals surface area (Å²) in [6, 6.07) is 0.0186. The summed E-state index contributed by atoms with van der Waals surface area (Å²) in [5, 5.41) is 3.86. The molecule has 2 heterocycles. The van der Waals surface area contributed by atoms with Crippen LogP contribution in [0.15, 0.2) is 4.52 Å². The van der Waals surface area contributed by atoms with Gasteiger partial charge in [-0.25, -0.2) is 4.79 Å². The lowest BCUT2D eigenvalue weighted by Crippen LogP contribution is -2.33. The third kappa shape index (κ3) is 2.52. The van der Waals surface area contributed by atoms with Gasteiger partial charge in [0.2, 0.25) is 5.89 Å². The van der Waals surface area contributed by atoms with Gasteiger partial charge in [-0.15, -0.1) is 0 Å². The number of unbranched alkanes of at least 4 members (excludes halogenated alkanes) is 1. The molecule has 1 aliphatic heterocycles. The molecule has 0 N–H and O–H groups in total. The van der Waals surface area contributed by atoms with Crippen LogP contribution in [0.25, 0.3) is 0 Å². The Bertz CT molecular complexity index is 523. The molecule has 1 aromatic heterocycles. The van der Waals surface area contributed by atoms with Gasteiger partial charge in [-0.1, -0.05) is 18.5 Å². The van der Waals surface area contributed by atoms with E-state index in [-0.39, 0.29) is 31.1 Å². The minimum atomic E-state index is -0.231. The summed E-state index contributed by atoms with van der Waals surface area (Å²) in [7, 11) is 0. The van der Waals surface area contributed by atoms with Gasteiger partial charge in [-0.2, -0.15) is 4.98 Å². The fraction of sp³-hybridized carbons (Fsp3) is 0.692. The molecule has 1 saturated carbocycles. The molecule has 0 aromatic carbocycles. The third-order valence-electron chi connectivity index (χ3n) is 3.63. The van der Waals surface area contributed by atoms with Gasteiger partial charge >= 0.3 is 6.03 Å². The SMILES string of the molecule is CCCCc1noc(CN2C(=O)CN(C3CC3)C2=O)n1. The van der Waals surface area contributed by atoms with E-state index in [1.54, 1.807) is 4.90 Å². The van der Waals surface area contributed by atoms with E-state index in [0.29, 0.717) is 11.7 Å². The highest BCUT2D eigenvalue weighted by Crippen LogP contribution is 2.30. The van der Waals surface area contributed by atoms with Crippen molar-refractivity contribution in [3.8, 4) is 0 Å². The van der Waals surface area contributed by atoms with E-state index in [4.69, 9.17) is 4.52 Å². The zero-order chi connectivity index (χ0) is 14.1. The number of urea groups is 1. The molecule has 1 aliphatic carbocycles. The molecule has 1 saturated heterocycles. The topological polar surface area (TPSA) is 79.5 Å². The first-order valence-electron chi connectivity index (χ1n) is 7.11. The average Bonchev–Trinajstić information content (AvgIpc) is 3.12. The highest BCUT2D eigenvalue weighted by atomic mass is 16.5. The second-order valence-corrected chi connectivity index (χ2v) is 5.33. The van der Waals surface area contributed by atoms with Gasteiger partial charge in [0.25, 0.3) is 5.91 Å². The largest absolute Gasteiger partial charge is 0.337 e. The summed E-state index contributed by atoms with van der Waals surface area (Å²) in [6.45, 7) is 2.36. The summed E-state index contributed by atoms with van der Waals surface area (Å²) in [6.07, 6.45) is 4.80. The fourth-order valence-electron chi connectivity index (χ4n) is 2.31. The Labute approximate surface area is 116 Å². The van der Waals surface area contributed by atoms with E-state index in [2.05, 4.69) is 17.1 Å². The van der Waals surface area contributed by atoms with Crippen LogP contribution in [0, 0.1) is 0 Å². The quantitative estimate of drug-likeness (QED) is 0.734. The van der Waals surface area contributed by atoms with Gasteiger partial charge in [-0.05, 0) is 19.3 Å². The summed E-state index contributed by atoms with van der Waals surface area (Å²) in [4.78, 5) is 31.1. The number of amides is 3. The van der Waals surface area contributed by atoms with Crippen molar-refractivity contribution >= 4 is 11.9 Å². The standard InChI is InChI=1S/C13H18N4O3/c1-2-3-4-10-14-11(20-15-10)7-17-12(18)8-16(13(17)19)9-5-6-9/h9H,2-8H2,1H3. The van der Waals surface area contributed by atoms with Gasteiger partial charge in [0.15, 0.2) is 5.82 Å². The van der Waals surface area contributed by atoms with Crippen LogP contribution in [0.2, 0.25) is 0 Å². The molecule has 0 radical (unpaired) electrons. The maximum atomic E-state index is 12.1. The van der Waals surface area contributed by atoms with Crippen LogP contribution < -0.4 is 0 Å². The number of nitrogens with zero attached hydrogens (tertiary/aromatic N) is 4. The van der Waals surface area contributed by atoms with Crippen molar-refractivity contribution in [2.75, 3.05) is 6.54 Å². The van der Waals surface area contributed by atoms with Crippen molar-refractivity contribution < 1.29 is 14.1 Å². The first-order valence-corrected chi connectivity index (χ1v) is 7.11. The zero-order valence-corrected chi connectivity index (χ0v) is 11.5. The number of aryl methyl sites for hydroxylation is 1. The molecule has 3 rings (SSSR count). The monoisotopic (exact) mass is 278 g/mol. The molecule has 108 valence electrons. The van der Waals surface area contributed by atoms with Gasteiger partial charge in [0, 0.05) is 12.5 Å². The predicted molar refractivity (Wildman–Crippen MR) is 68.6 cm³/mol. The predicted octanol–water partition coefficient (Wildman–Crippen LogP) is 1.34. The minimum absolute atomic E-state index is 0.0833. The Morgan fingerprint density at radius 1 is 1.35 bits per heavy atom. The van der Waals surface area contributed by atoms with Crippen LogP contribution >= 0.6 is 0 Å². The Balaban J connectivity index is 1.63. The van der Waals surface area contributed by atoms with Crippen LogP contribution in [0.3, 0.4) is 0 Å². The summed E-state index contributed by atoms with van der Waals surface area (Å²) < 4.78 is 5.11. The molecule has 2 aliphatic rings. The number of aromatic nitrogens is 2. The maximum absolute atomic E-state index is 12.1. The number of hydrogen-bond donors (Lipinski definition) is 0. The van der Waals surface area contributed by atoms with E-state index in [1.165, 1.54) is 4.90 Å². The highest BCUT2D eigenvalue weighted by Gasteiger charge is 2.44. The smallest absolute Gasteiger partial charge is 0.327 e. The Morgan fingerprint density at radius 2 is 2.15 bits per heavy atom. The van der Waals surface area contributed by atoms with Crippen molar-refractivity contribution in [2.24, 2.45) is 0 Å². The van der Waals surface area contributed by atoms with Crippen LogP contribution in [0.5, 0.6) is 0 Å². The second-order valence-electron chi connectivity index (χ2n) is 5.33. The summed E-state index contributed by atoms with van der Waals surface area (Å²) >= 11 is 0. The normalized spacial score (nSPS) is 19.2. The summed E-state index contributed by atoms with van der Waals surface area (Å²) in [5.41, 5.74) is 0. The number of carbonyl (C=O) groups is 2. The molecule has 20 heavy (non-hydrogen) atoms. The molecular weight excluding hydrogens is 260 g/mol. The van der Waals surface area contributed by atoms with Gasteiger partial charge in [0.05, 0.1) is 0 Å². The van der Waals surface area contributed by atoms with E-state index in [0.717, 1.165) is 32.1 Å². The van der Waals surface area contributed by atoms with E-state index in [1.807, 2.05) is 0 Å². The molecule has 1 aromatic rings. The van der Waals surface area contributed by atoms with Crippen molar-refractivity contribution in [3.63, 3.8) is 0 Å². The van der Waals surface area contributed by atoms with E-state index < -0.39 is 0 Å². The van der Waals surface area contributed by atoms with Crippen molar-refractivity contribution in [1.29, 1.82) is 0 Å². The number of hydrogen-bond acceptors (Lipinski definition) is 5. The first-order chi connectivity index (χ1) is 9.69. The molecule has 2 fully saturated rings. The van der Waals surface area contributed by atoms with Crippen LogP contribution in [-0.4, -0.2) is 44.5 Å². The first kappa shape index (κ1) is 13.1. The fourth-order valence-corrected chi connectivity index (χ4v) is 2.31. The van der Waals surface area contributed by atoms with E-state index >= 15 is 0 Å². The van der Waals surface area contributed by atoms with Gasteiger partial charge in [0.1, 0.15) is 13.1 Å². The molecule has 0 spiro atoms. The van der Waals surface area contributed by atoms with Crippen molar-refractivity contribution in [2.45, 2.75) is 51.6 Å². The van der Waals surface area contributed by atoms with Crippen molar-refractivity contribution in [3.05, 3.63) is 11.7 Å². The zero-order valence-electron chi connectivity index (χ0n) is 11.5. The maximum Gasteiger partial charge on any atom is 0.327 e. The Hall–Kier alpha value is -1.92. The molecule has 0 bridgehead atoms. The highest BCUT2D eigenvalue weighted by molar-refractivity contribution is 6.02. The van der Waals surface area contributed by atoms with Crippen LogP contribution in [-0.2, 0) is 17.8 Å². The molecule has 0 unspecified atom stereocenters. The molecule has 7 nitrogen and oxygen atoms in total. The van der Waals surface area contributed by atoms with Crippen molar-refractivity contribution in [1.82, 2.24) is 19.9 Å². The van der Waals surface area contributed by atoms with E-state index in [9.17, 15) is 9.59 Å². The van der Waals surface area contributed by atoms with Crippen LogP contribution in [0.1, 0.15) is 44.3 Å². The second kappa shape index (κ2) is 5.22. The number of rotatable bonds is 6. The Morgan fingerprint density at radius 3 is 2.85 bits per heavy atom. The third-order valence-corrected chi connectivity index (χ3v) is 3.63. The van der Waals surface area contributed by atoms with Gasteiger partial charge in [-0.3, -0.25) is 9.69 Å². The lowest BCUT2D eigenvalue weighted by Gasteiger charge is -2.14. The minimum Gasteiger partial charge on any atom is -0.337 e. The Kier molecular flexibility index (Phi) is 3.42. The molecule has 0 atom stereocenters. The average molecular weight is 278 g/mol. The van der Waals surface area contributed by atoms with Gasteiger partial charge < -0.3 is 9.42 Å². The lowest BCUT2D eigenvalue weighted by atomic mass is 10.2. The molecule has 3 amide bonds. The molecular formula is C13H18N4O3.